The number of thioether (sulfide) groups is 1. The third-order valence-corrected chi connectivity index (χ3v) is 6.28. The molecule has 2 aromatic carbocycles. The molecule has 2 aliphatic rings. The summed E-state index contributed by atoms with van der Waals surface area (Å²) in [5, 5.41) is 3.26. The Bertz CT molecular complexity index is 1130. The summed E-state index contributed by atoms with van der Waals surface area (Å²) < 4.78 is 24.2. The Balaban J connectivity index is 1.67. The van der Waals surface area contributed by atoms with E-state index >= 15 is 0 Å². The summed E-state index contributed by atoms with van der Waals surface area (Å²) in [6.45, 7) is 3.97. The number of ether oxygens (including phenoxy) is 2. The van der Waals surface area contributed by atoms with Gasteiger partial charge in [-0.15, -0.1) is 0 Å². The molecule has 166 valence electrons. The standard InChI is InChI=1S/C23H19Cl2FN2O3S/c1-3-30-22(29)19-13(2)27-23-28(8-9-32-23)20(19)15-10-17(24)21(18(25)11-15)31-12-14-4-6-16(26)7-5-14/h4-11,20H,3,12H2,1-2H3/t20-/m0/s1. The van der Waals surface area contributed by atoms with Gasteiger partial charge in [0.05, 0.1) is 34.0 Å². The van der Waals surface area contributed by atoms with E-state index in [0.29, 0.717) is 32.6 Å². The van der Waals surface area contributed by atoms with Crippen LogP contribution in [0, 0.1) is 5.82 Å². The Morgan fingerprint density at radius 3 is 2.56 bits per heavy atom. The first kappa shape index (κ1) is 22.7. The summed E-state index contributed by atoms with van der Waals surface area (Å²) in [4.78, 5) is 19.2. The minimum absolute atomic E-state index is 0.178. The van der Waals surface area contributed by atoms with Crippen LogP contribution in [-0.4, -0.2) is 22.6 Å². The SMILES string of the molecule is CCOC(=O)C1=C(C)N=C2SC=CN2[C@H]1c1cc(Cl)c(OCc2ccc(F)cc2)c(Cl)c1. The van der Waals surface area contributed by atoms with E-state index in [4.69, 9.17) is 32.7 Å². The van der Waals surface area contributed by atoms with Gasteiger partial charge in [0.1, 0.15) is 12.4 Å². The molecule has 0 N–H and O–H groups in total. The van der Waals surface area contributed by atoms with E-state index in [9.17, 15) is 9.18 Å². The number of allylic oxidation sites excluding steroid dienone is 1. The monoisotopic (exact) mass is 492 g/mol. The van der Waals surface area contributed by atoms with Gasteiger partial charge in [-0.2, -0.15) is 0 Å². The number of hydrogen-bond acceptors (Lipinski definition) is 6. The number of fused-ring (bicyclic) bond motifs is 1. The van der Waals surface area contributed by atoms with Crippen molar-refractivity contribution in [2.45, 2.75) is 26.5 Å². The number of rotatable bonds is 6. The van der Waals surface area contributed by atoms with Crippen molar-refractivity contribution >= 4 is 46.1 Å². The number of carbonyl (C=O) groups is 1. The average molecular weight is 493 g/mol. The van der Waals surface area contributed by atoms with E-state index in [1.54, 1.807) is 38.1 Å². The van der Waals surface area contributed by atoms with Gasteiger partial charge in [-0.25, -0.2) is 14.2 Å². The highest BCUT2D eigenvalue weighted by Crippen LogP contribution is 2.44. The molecule has 0 radical (unpaired) electrons. The predicted molar refractivity (Wildman–Crippen MR) is 125 cm³/mol. The van der Waals surface area contributed by atoms with Crippen molar-refractivity contribution < 1.29 is 18.7 Å². The lowest BCUT2D eigenvalue weighted by atomic mass is 9.94. The molecule has 0 unspecified atom stereocenters. The highest BCUT2D eigenvalue weighted by atomic mass is 35.5. The third-order valence-electron chi connectivity index (χ3n) is 4.95. The fraction of sp³-hybridized carbons (Fsp3) is 0.217. The van der Waals surface area contributed by atoms with Crippen LogP contribution in [0.3, 0.4) is 0 Å². The summed E-state index contributed by atoms with van der Waals surface area (Å²) in [5.74, 6) is -0.442. The Morgan fingerprint density at radius 1 is 1.22 bits per heavy atom. The smallest absolute Gasteiger partial charge is 0.338 e. The molecular formula is C23H19Cl2FN2O3S. The van der Waals surface area contributed by atoms with Gasteiger partial charge < -0.3 is 14.4 Å². The summed E-state index contributed by atoms with van der Waals surface area (Å²) in [7, 11) is 0. The molecule has 1 atom stereocenters. The van der Waals surface area contributed by atoms with E-state index in [0.717, 1.165) is 10.7 Å². The van der Waals surface area contributed by atoms with Gasteiger partial charge in [-0.1, -0.05) is 47.1 Å². The number of nitrogens with zero attached hydrogens (tertiary/aromatic N) is 2. The molecule has 2 aromatic rings. The van der Waals surface area contributed by atoms with Crippen molar-refractivity contribution in [1.29, 1.82) is 0 Å². The topological polar surface area (TPSA) is 51.1 Å². The Labute approximate surface area is 199 Å². The van der Waals surface area contributed by atoms with Gasteiger partial charge >= 0.3 is 5.97 Å². The van der Waals surface area contributed by atoms with Crippen molar-refractivity contribution in [2.75, 3.05) is 6.61 Å². The zero-order valence-electron chi connectivity index (χ0n) is 17.3. The quantitative estimate of drug-likeness (QED) is 0.432. The largest absolute Gasteiger partial charge is 0.486 e. The van der Waals surface area contributed by atoms with Gasteiger partial charge in [-0.05, 0) is 54.6 Å². The maximum atomic E-state index is 13.1. The van der Waals surface area contributed by atoms with Crippen LogP contribution in [0.25, 0.3) is 0 Å². The molecule has 0 bridgehead atoms. The maximum Gasteiger partial charge on any atom is 0.338 e. The molecule has 2 heterocycles. The van der Waals surface area contributed by atoms with Crippen molar-refractivity contribution in [3.05, 3.63) is 86.3 Å². The van der Waals surface area contributed by atoms with Gasteiger partial charge in [0.2, 0.25) is 0 Å². The third kappa shape index (κ3) is 4.51. The van der Waals surface area contributed by atoms with E-state index in [1.807, 2.05) is 16.5 Å². The molecule has 4 rings (SSSR count). The van der Waals surface area contributed by atoms with E-state index < -0.39 is 12.0 Å². The van der Waals surface area contributed by atoms with Crippen LogP contribution in [0.1, 0.15) is 31.0 Å². The minimum Gasteiger partial charge on any atom is -0.486 e. The fourth-order valence-corrected chi connectivity index (χ4v) is 4.91. The summed E-state index contributed by atoms with van der Waals surface area (Å²) in [5.41, 5.74) is 2.49. The van der Waals surface area contributed by atoms with Crippen LogP contribution in [0.15, 0.2) is 64.3 Å². The molecule has 0 amide bonds. The Morgan fingerprint density at radius 2 is 1.91 bits per heavy atom. The Kier molecular flexibility index (Phi) is 6.79. The molecule has 0 spiro atoms. The second-order valence-electron chi connectivity index (χ2n) is 7.06. The van der Waals surface area contributed by atoms with Crippen LogP contribution in [0.5, 0.6) is 5.75 Å². The Hall–Kier alpha value is -2.48. The van der Waals surface area contributed by atoms with Crippen LogP contribution >= 0.6 is 35.0 Å². The summed E-state index contributed by atoms with van der Waals surface area (Å²) in [6.07, 6.45) is 1.86. The number of carbonyl (C=O) groups excluding carboxylic acids is 1. The minimum atomic E-state index is -0.492. The van der Waals surface area contributed by atoms with Crippen LogP contribution < -0.4 is 4.74 Å². The lowest BCUT2D eigenvalue weighted by Gasteiger charge is -2.33. The molecule has 0 fully saturated rings. The van der Waals surface area contributed by atoms with Crippen molar-refractivity contribution in [3.8, 4) is 5.75 Å². The molecule has 0 aromatic heterocycles. The average Bonchev–Trinajstić information content (AvgIpc) is 3.21. The first-order valence-electron chi connectivity index (χ1n) is 9.83. The molecular weight excluding hydrogens is 474 g/mol. The fourth-order valence-electron chi connectivity index (χ4n) is 3.51. The highest BCUT2D eigenvalue weighted by Gasteiger charge is 2.38. The molecule has 0 aliphatic carbocycles. The van der Waals surface area contributed by atoms with Crippen molar-refractivity contribution in [1.82, 2.24) is 4.90 Å². The van der Waals surface area contributed by atoms with Crippen LogP contribution in [-0.2, 0) is 16.1 Å². The number of aliphatic imine (C=N–C) groups is 1. The number of benzene rings is 2. The highest BCUT2D eigenvalue weighted by molar-refractivity contribution is 8.16. The number of esters is 1. The molecule has 9 heteroatoms. The molecule has 5 nitrogen and oxygen atoms in total. The van der Waals surface area contributed by atoms with Gasteiger partial charge in [-0.3, -0.25) is 0 Å². The van der Waals surface area contributed by atoms with Crippen molar-refractivity contribution in [3.63, 3.8) is 0 Å². The second kappa shape index (κ2) is 9.57. The van der Waals surface area contributed by atoms with Crippen LogP contribution in [0.2, 0.25) is 10.0 Å². The normalized spacial score (nSPS) is 17.3. The first-order chi connectivity index (χ1) is 15.4. The summed E-state index contributed by atoms with van der Waals surface area (Å²) >= 11 is 14.5. The lowest BCUT2D eigenvalue weighted by Crippen LogP contribution is -2.34. The maximum absolute atomic E-state index is 13.1. The molecule has 0 saturated heterocycles. The number of amidine groups is 1. The first-order valence-corrected chi connectivity index (χ1v) is 11.5. The number of hydrogen-bond donors (Lipinski definition) is 0. The van der Waals surface area contributed by atoms with Crippen molar-refractivity contribution in [2.24, 2.45) is 4.99 Å². The van der Waals surface area contributed by atoms with Gasteiger partial charge in [0.25, 0.3) is 0 Å². The van der Waals surface area contributed by atoms with Crippen LogP contribution in [0.4, 0.5) is 4.39 Å². The van der Waals surface area contributed by atoms with E-state index in [2.05, 4.69) is 4.99 Å². The number of halogens is 3. The second-order valence-corrected chi connectivity index (χ2v) is 8.74. The molecule has 2 aliphatic heterocycles. The molecule has 0 saturated carbocycles. The van der Waals surface area contributed by atoms with E-state index in [-0.39, 0.29) is 19.0 Å². The lowest BCUT2D eigenvalue weighted by molar-refractivity contribution is -0.139. The zero-order chi connectivity index (χ0) is 22.8. The van der Waals surface area contributed by atoms with Gasteiger partial charge in [0, 0.05) is 6.20 Å². The van der Waals surface area contributed by atoms with E-state index in [1.165, 1.54) is 23.9 Å². The summed E-state index contributed by atoms with van der Waals surface area (Å²) in [6, 6.07) is 8.94. The predicted octanol–water partition coefficient (Wildman–Crippen LogP) is 6.48. The molecule has 32 heavy (non-hydrogen) atoms. The van der Waals surface area contributed by atoms with Gasteiger partial charge in [0.15, 0.2) is 10.9 Å². The zero-order valence-corrected chi connectivity index (χ0v) is 19.6.